The van der Waals surface area contributed by atoms with Crippen LogP contribution in [-0.2, 0) is 17.8 Å². The van der Waals surface area contributed by atoms with Gasteiger partial charge in [-0.3, -0.25) is 4.79 Å². The highest BCUT2D eigenvalue weighted by Gasteiger charge is 2.24. The van der Waals surface area contributed by atoms with Gasteiger partial charge in [0.25, 0.3) is 5.91 Å². The molecule has 5 nitrogen and oxygen atoms in total. The first-order valence-corrected chi connectivity index (χ1v) is 12.6. The molecule has 0 bridgehead atoms. The van der Waals surface area contributed by atoms with Crippen molar-refractivity contribution in [2.75, 3.05) is 7.11 Å². The number of aryl methyl sites for hydroxylation is 1. The smallest absolute Gasteiger partial charge is 0.264 e. The Balaban J connectivity index is 1.29. The zero-order chi connectivity index (χ0) is 24.9. The van der Waals surface area contributed by atoms with Gasteiger partial charge in [0.05, 0.1) is 17.7 Å². The highest BCUT2D eigenvalue weighted by Crippen LogP contribution is 2.33. The van der Waals surface area contributed by atoms with Crippen LogP contribution in [0.5, 0.6) is 11.5 Å². The lowest BCUT2D eigenvalue weighted by Crippen LogP contribution is -2.19. The van der Waals surface area contributed by atoms with Crippen LogP contribution in [-0.4, -0.2) is 18.2 Å². The van der Waals surface area contributed by atoms with Crippen molar-refractivity contribution < 1.29 is 14.3 Å². The quantitative estimate of drug-likeness (QED) is 0.285. The summed E-state index contributed by atoms with van der Waals surface area (Å²) in [7, 11) is 1.61. The number of benzene rings is 4. The molecule has 180 valence electrons. The molecule has 0 aromatic heterocycles. The van der Waals surface area contributed by atoms with Gasteiger partial charge in [-0.25, -0.2) is 4.99 Å². The van der Waals surface area contributed by atoms with Crippen molar-refractivity contribution in [1.29, 1.82) is 0 Å². The number of aliphatic imine (C=N–C) groups is 1. The van der Waals surface area contributed by atoms with E-state index in [4.69, 9.17) is 9.47 Å². The van der Waals surface area contributed by atoms with Crippen LogP contribution in [0.3, 0.4) is 0 Å². The van der Waals surface area contributed by atoms with Gasteiger partial charge in [0.15, 0.2) is 16.7 Å². The minimum Gasteiger partial charge on any atom is -0.493 e. The number of amides is 1. The Morgan fingerprint density at radius 2 is 1.67 bits per heavy atom. The van der Waals surface area contributed by atoms with E-state index >= 15 is 0 Å². The SMILES string of the molecule is CCc1ccc(N=C2NC(=O)/C(=C/c3ccc(OCc4ccc5ccccc5c4)c(OC)c3)S2)cc1. The molecule has 1 heterocycles. The summed E-state index contributed by atoms with van der Waals surface area (Å²) in [6, 6.07) is 28.2. The van der Waals surface area contributed by atoms with E-state index in [1.807, 2.05) is 60.7 Å². The second kappa shape index (κ2) is 10.7. The van der Waals surface area contributed by atoms with E-state index in [0.29, 0.717) is 28.2 Å². The minimum atomic E-state index is -0.167. The summed E-state index contributed by atoms with van der Waals surface area (Å²) in [6.45, 7) is 2.54. The Kier molecular flexibility index (Phi) is 7.05. The predicted octanol–water partition coefficient (Wildman–Crippen LogP) is 6.88. The molecule has 5 rings (SSSR count). The van der Waals surface area contributed by atoms with Gasteiger partial charge in [0, 0.05) is 0 Å². The zero-order valence-corrected chi connectivity index (χ0v) is 21.0. The summed E-state index contributed by atoms with van der Waals surface area (Å²) in [6.07, 6.45) is 2.81. The minimum absolute atomic E-state index is 0.167. The van der Waals surface area contributed by atoms with Gasteiger partial charge < -0.3 is 14.8 Å². The van der Waals surface area contributed by atoms with Crippen molar-refractivity contribution in [2.24, 2.45) is 4.99 Å². The van der Waals surface area contributed by atoms with Crippen LogP contribution in [0.15, 0.2) is 94.8 Å². The van der Waals surface area contributed by atoms with E-state index in [2.05, 4.69) is 47.6 Å². The molecule has 6 heteroatoms. The maximum absolute atomic E-state index is 12.5. The Morgan fingerprint density at radius 3 is 2.44 bits per heavy atom. The second-order valence-electron chi connectivity index (χ2n) is 8.38. The summed E-state index contributed by atoms with van der Waals surface area (Å²) >= 11 is 1.32. The first kappa shape index (κ1) is 23.7. The molecular formula is C30H26N2O3S. The van der Waals surface area contributed by atoms with Crippen LogP contribution in [0.1, 0.15) is 23.6 Å². The fourth-order valence-corrected chi connectivity index (χ4v) is 4.78. The molecule has 0 radical (unpaired) electrons. The molecule has 1 aliphatic heterocycles. The Morgan fingerprint density at radius 1 is 0.889 bits per heavy atom. The molecule has 1 saturated heterocycles. The molecule has 0 spiro atoms. The van der Waals surface area contributed by atoms with Crippen LogP contribution in [0.4, 0.5) is 5.69 Å². The van der Waals surface area contributed by atoms with E-state index in [9.17, 15) is 4.79 Å². The average Bonchev–Trinajstić information content (AvgIpc) is 3.26. The molecule has 1 N–H and O–H groups in total. The van der Waals surface area contributed by atoms with Crippen LogP contribution in [0.25, 0.3) is 16.8 Å². The van der Waals surface area contributed by atoms with Crippen molar-refractivity contribution in [1.82, 2.24) is 5.32 Å². The largest absolute Gasteiger partial charge is 0.493 e. The lowest BCUT2D eigenvalue weighted by Gasteiger charge is -2.12. The molecule has 0 saturated carbocycles. The maximum atomic E-state index is 12.5. The highest BCUT2D eigenvalue weighted by atomic mass is 32.2. The van der Waals surface area contributed by atoms with Gasteiger partial charge in [0.1, 0.15) is 6.61 Å². The number of hydrogen-bond donors (Lipinski definition) is 1. The molecule has 1 aliphatic rings. The number of rotatable bonds is 7. The van der Waals surface area contributed by atoms with Crippen molar-refractivity contribution >= 4 is 45.4 Å². The topological polar surface area (TPSA) is 59.9 Å². The standard InChI is InChI=1S/C30H26N2O3S/c1-3-20-9-13-25(14-10-20)31-30-32-29(33)28(36-30)18-21-11-15-26(27(17-21)34-2)35-19-22-8-12-23-6-4-5-7-24(23)16-22/h4-18H,3,19H2,1-2H3,(H,31,32,33)/b28-18-. The number of thioether (sulfide) groups is 1. The highest BCUT2D eigenvalue weighted by molar-refractivity contribution is 8.18. The molecule has 0 aliphatic carbocycles. The summed E-state index contributed by atoms with van der Waals surface area (Å²) in [4.78, 5) is 17.6. The lowest BCUT2D eigenvalue weighted by molar-refractivity contribution is -0.115. The molecule has 0 unspecified atom stereocenters. The Hall–Kier alpha value is -4.03. The van der Waals surface area contributed by atoms with Gasteiger partial charge >= 0.3 is 0 Å². The number of carbonyl (C=O) groups is 1. The van der Waals surface area contributed by atoms with Gasteiger partial charge in [-0.15, -0.1) is 0 Å². The first-order valence-electron chi connectivity index (χ1n) is 11.8. The van der Waals surface area contributed by atoms with Crippen LogP contribution in [0, 0.1) is 0 Å². The van der Waals surface area contributed by atoms with Crippen molar-refractivity contribution in [3.8, 4) is 11.5 Å². The number of carbonyl (C=O) groups excluding carboxylic acids is 1. The van der Waals surface area contributed by atoms with Crippen LogP contribution < -0.4 is 14.8 Å². The Labute approximate surface area is 214 Å². The van der Waals surface area contributed by atoms with Crippen LogP contribution >= 0.6 is 11.8 Å². The number of hydrogen-bond acceptors (Lipinski definition) is 5. The third-order valence-corrected chi connectivity index (χ3v) is 6.83. The number of fused-ring (bicyclic) bond motifs is 1. The number of nitrogens with one attached hydrogen (secondary N) is 1. The molecule has 4 aromatic carbocycles. The lowest BCUT2D eigenvalue weighted by atomic mass is 10.1. The van der Waals surface area contributed by atoms with Crippen molar-refractivity contribution in [2.45, 2.75) is 20.0 Å². The second-order valence-corrected chi connectivity index (χ2v) is 9.41. The number of ether oxygens (including phenoxy) is 2. The third-order valence-electron chi connectivity index (χ3n) is 5.92. The van der Waals surface area contributed by atoms with E-state index in [1.54, 1.807) is 7.11 Å². The van der Waals surface area contributed by atoms with Gasteiger partial charge in [-0.2, -0.15) is 0 Å². The summed E-state index contributed by atoms with van der Waals surface area (Å²) in [5, 5.41) is 5.79. The first-order chi connectivity index (χ1) is 17.6. The average molecular weight is 495 g/mol. The number of nitrogens with zero attached hydrogens (tertiary/aromatic N) is 1. The molecule has 1 fully saturated rings. The van der Waals surface area contributed by atoms with E-state index in [1.165, 1.54) is 28.1 Å². The van der Waals surface area contributed by atoms with E-state index in [-0.39, 0.29) is 5.91 Å². The van der Waals surface area contributed by atoms with Gasteiger partial charge in [0.2, 0.25) is 0 Å². The van der Waals surface area contributed by atoms with Crippen molar-refractivity contribution in [3.63, 3.8) is 0 Å². The van der Waals surface area contributed by atoms with Crippen LogP contribution in [0.2, 0.25) is 0 Å². The summed E-state index contributed by atoms with van der Waals surface area (Å²) in [5.41, 5.74) is 3.99. The Bertz CT molecular complexity index is 1480. The molecular weight excluding hydrogens is 468 g/mol. The predicted molar refractivity (Wildman–Crippen MR) is 148 cm³/mol. The fraction of sp³-hybridized carbons (Fsp3) is 0.133. The number of amidine groups is 1. The zero-order valence-electron chi connectivity index (χ0n) is 20.2. The van der Waals surface area contributed by atoms with Crippen molar-refractivity contribution in [3.05, 3.63) is 107 Å². The van der Waals surface area contributed by atoms with E-state index < -0.39 is 0 Å². The van der Waals surface area contributed by atoms with E-state index in [0.717, 1.165) is 23.2 Å². The molecule has 1 amide bonds. The fourth-order valence-electron chi connectivity index (χ4n) is 3.94. The number of methoxy groups -OCH3 is 1. The normalized spacial score (nSPS) is 15.4. The van der Waals surface area contributed by atoms with Gasteiger partial charge in [-0.05, 0) is 82.1 Å². The summed E-state index contributed by atoms with van der Waals surface area (Å²) in [5.74, 6) is 1.09. The monoisotopic (exact) mass is 494 g/mol. The third kappa shape index (κ3) is 5.44. The molecule has 36 heavy (non-hydrogen) atoms. The van der Waals surface area contributed by atoms with Gasteiger partial charge in [-0.1, -0.05) is 61.5 Å². The maximum Gasteiger partial charge on any atom is 0.264 e. The molecule has 4 aromatic rings. The summed E-state index contributed by atoms with van der Waals surface area (Å²) < 4.78 is 11.6. The molecule has 0 atom stereocenters.